The molecule has 0 spiro atoms. The predicted octanol–water partition coefficient (Wildman–Crippen LogP) is 6.25. The standard InChI is InChI=1S/C22H17Cl2N3O2/c1-28-19-12-11-15(13-18(19)24)25-20(14-7-3-2-4-8-14)22-27-26-21(29-22)16-9-5-6-10-17(16)23/h2-13,20,25H,1H3/t20-/m0/s1. The quantitative estimate of drug-likeness (QED) is 0.395. The van der Waals surface area contributed by atoms with Gasteiger partial charge in [0, 0.05) is 5.69 Å². The van der Waals surface area contributed by atoms with E-state index in [4.69, 9.17) is 32.4 Å². The number of hydrogen-bond acceptors (Lipinski definition) is 5. The van der Waals surface area contributed by atoms with Crippen molar-refractivity contribution in [3.63, 3.8) is 0 Å². The summed E-state index contributed by atoms with van der Waals surface area (Å²) < 4.78 is 11.2. The maximum absolute atomic E-state index is 6.28. The Hall–Kier alpha value is -3.02. The van der Waals surface area contributed by atoms with Crippen LogP contribution in [0.2, 0.25) is 10.0 Å². The van der Waals surface area contributed by atoms with Crippen LogP contribution in [0.15, 0.2) is 77.2 Å². The highest BCUT2D eigenvalue weighted by atomic mass is 35.5. The minimum atomic E-state index is -0.371. The average Bonchev–Trinajstić information content (AvgIpc) is 3.23. The molecule has 1 aromatic heterocycles. The van der Waals surface area contributed by atoms with Crippen LogP contribution in [0.1, 0.15) is 17.5 Å². The number of hydrogen-bond donors (Lipinski definition) is 1. The molecule has 0 aliphatic carbocycles. The summed E-state index contributed by atoms with van der Waals surface area (Å²) in [7, 11) is 1.58. The number of anilines is 1. The molecule has 0 bridgehead atoms. The molecule has 0 saturated heterocycles. The van der Waals surface area contributed by atoms with Gasteiger partial charge in [0.25, 0.3) is 0 Å². The van der Waals surface area contributed by atoms with Gasteiger partial charge in [-0.15, -0.1) is 10.2 Å². The topological polar surface area (TPSA) is 60.2 Å². The van der Waals surface area contributed by atoms with Gasteiger partial charge >= 0.3 is 0 Å². The van der Waals surface area contributed by atoms with Gasteiger partial charge in [0.1, 0.15) is 11.8 Å². The Morgan fingerprint density at radius 2 is 1.66 bits per heavy atom. The number of nitrogens with one attached hydrogen (secondary N) is 1. The van der Waals surface area contributed by atoms with Crippen LogP contribution in [0.3, 0.4) is 0 Å². The maximum Gasteiger partial charge on any atom is 0.249 e. The third-order valence-corrected chi connectivity index (χ3v) is 5.01. The molecule has 0 amide bonds. The van der Waals surface area contributed by atoms with E-state index in [0.29, 0.717) is 33.1 Å². The predicted molar refractivity (Wildman–Crippen MR) is 115 cm³/mol. The second-order valence-corrected chi connectivity index (χ2v) is 7.08. The van der Waals surface area contributed by atoms with E-state index in [1.807, 2.05) is 54.6 Å². The highest BCUT2D eigenvalue weighted by Gasteiger charge is 2.22. The molecule has 1 heterocycles. The first-order valence-electron chi connectivity index (χ1n) is 8.89. The summed E-state index contributed by atoms with van der Waals surface area (Å²) in [5, 5.41) is 12.9. The number of ether oxygens (including phenoxy) is 1. The van der Waals surface area contributed by atoms with Gasteiger partial charge < -0.3 is 14.5 Å². The second kappa shape index (κ2) is 8.55. The SMILES string of the molecule is COc1ccc(N[C@@H](c2ccccc2)c2nnc(-c3ccccc3Cl)o2)cc1Cl. The Kier molecular flexibility index (Phi) is 5.69. The molecule has 29 heavy (non-hydrogen) atoms. The fourth-order valence-corrected chi connectivity index (χ4v) is 3.42. The lowest BCUT2D eigenvalue weighted by Crippen LogP contribution is -2.13. The lowest BCUT2D eigenvalue weighted by atomic mass is 10.1. The van der Waals surface area contributed by atoms with Crippen molar-refractivity contribution in [1.29, 1.82) is 0 Å². The summed E-state index contributed by atoms with van der Waals surface area (Å²) in [6.07, 6.45) is 0. The number of nitrogens with zero attached hydrogens (tertiary/aromatic N) is 2. The Bertz CT molecular complexity index is 1120. The van der Waals surface area contributed by atoms with Crippen molar-refractivity contribution in [2.45, 2.75) is 6.04 Å². The molecule has 0 fully saturated rings. The highest BCUT2D eigenvalue weighted by Crippen LogP contribution is 2.33. The number of rotatable bonds is 6. The first-order valence-corrected chi connectivity index (χ1v) is 9.64. The van der Waals surface area contributed by atoms with Gasteiger partial charge in [0.15, 0.2) is 0 Å². The lowest BCUT2D eigenvalue weighted by molar-refractivity contribution is 0.415. The Morgan fingerprint density at radius 1 is 0.897 bits per heavy atom. The molecule has 0 saturated carbocycles. The lowest BCUT2D eigenvalue weighted by Gasteiger charge is -2.17. The molecule has 0 unspecified atom stereocenters. The normalized spacial score (nSPS) is 11.8. The van der Waals surface area contributed by atoms with Crippen LogP contribution < -0.4 is 10.1 Å². The molecular weight excluding hydrogens is 409 g/mol. The van der Waals surface area contributed by atoms with Crippen LogP contribution in [0, 0.1) is 0 Å². The Morgan fingerprint density at radius 3 is 2.38 bits per heavy atom. The van der Waals surface area contributed by atoms with Crippen LogP contribution in [-0.2, 0) is 0 Å². The fourth-order valence-electron chi connectivity index (χ4n) is 2.95. The fraction of sp³-hybridized carbons (Fsp3) is 0.0909. The summed E-state index contributed by atoms with van der Waals surface area (Å²) in [6.45, 7) is 0. The molecular formula is C22H17Cl2N3O2. The Balaban J connectivity index is 1.71. The van der Waals surface area contributed by atoms with E-state index in [1.165, 1.54) is 0 Å². The monoisotopic (exact) mass is 425 g/mol. The number of halogens is 2. The number of benzene rings is 3. The molecule has 1 N–H and O–H groups in total. The van der Waals surface area contributed by atoms with Gasteiger partial charge in [-0.2, -0.15) is 0 Å². The van der Waals surface area contributed by atoms with Crippen LogP contribution in [0.25, 0.3) is 11.5 Å². The van der Waals surface area contributed by atoms with Gasteiger partial charge in [-0.3, -0.25) is 0 Å². The Labute approximate surface area is 178 Å². The molecule has 4 aromatic rings. The van der Waals surface area contributed by atoms with E-state index in [9.17, 15) is 0 Å². The first-order chi connectivity index (χ1) is 14.2. The zero-order valence-corrected chi connectivity index (χ0v) is 17.0. The molecule has 0 aliphatic rings. The smallest absolute Gasteiger partial charge is 0.249 e. The van der Waals surface area contributed by atoms with Crippen molar-refractivity contribution in [2.75, 3.05) is 12.4 Å². The third-order valence-electron chi connectivity index (χ3n) is 4.39. The first kappa shape index (κ1) is 19.3. The third kappa shape index (κ3) is 4.21. The van der Waals surface area contributed by atoms with Crippen molar-refractivity contribution in [3.05, 3.63) is 94.3 Å². The van der Waals surface area contributed by atoms with E-state index in [-0.39, 0.29) is 6.04 Å². The number of methoxy groups -OCH3 is 1. The molecule has 3 aromatic carbocycles. The van der Waals surface area contributed by atoms with Gasteiger partial charge in [-0.1, -0.05) is 65.7 Å². The minimum absolute atomic E-state index is 0.362. The van der Waals surface area contributed by atoms with E-state index < -0.39 is 0 Å². The van der Waals surface area contributed by atoms with Crippen LogP contribution in [-0.4, -0.2) is 17.3 Å². The van der Waals surface area contributed by atoms with Crippen molar-refractivity contribution in [2.24, 2.45) is 0 Å². The van der Waals surface area contributed by atoms with Gasteiger partial charge in [0.2, 0.25) is 11.8 Å². The molecule has 7 heteroatoms. The zero-order valence-electron chi connectivity index (χ0n) is 15.5. The van der Waals surface area contributed by atoms with E-state index in [2.05, 4.69) is 15.5 Å². The van der Waals surface area contributed by atoms with Gasteiger partial charge in [0.05, 0.1) is 22.7 Å². The number of aromatic nitrogens is 2. The minimum Gasteiger partial charge on any atom is -0.495 e. The summed E-state index contributed by atoms with van der Waals surface area (Å²) in [4.78, 5) is 0. The maximum atomic E-state index is 6.28. The average molecular weight is 426 g/mol. The highest BCUT2D eigenvalue weighted by molar-refractivity contribution is 6.33. The van der Waals surface area contributed by atoms with E-state index in [0.717, 1.165) is 11.3 Å². The molecule has 1 atom stereocenters. The van der Waals surface area contributed by atoms with Crippen molar-refractivity contribution in [1.82, 2.24) is 10.2 Å². The van der Waals surface area contributed by atoms with Crippen molar-refractivity contribution >= 4 is 28.9 Å². The largest absolute Gasteiger partial charge is 0.495 e. The molecule has 4 rings (SSSR count). The molecule has 0 aliphatic heterocycles. The molecule has 0 radical (unpaired) electrons. The van der Waals surface area contributed by atoms with Crippen molar-refractivity contribution in [3.8, 4) is 17.2 Å². The summed E-state index contributed by atoms with van der Waals surface area (Å²) in [5.41, 5.74) is 2.45. The molecule has 5 nitrogen and oxygen atoms in total. The van der Waals surface area contributed by atoms with E-state index in [1.54, 1.807) is 25.3 Å². The zero-order chi connectivity index (χ0) is 20.2. The van der Waals surface area contributed by atoms with Gasteiger partial charge in [-0.25, -0.2) is 0 Å². The van der Waals surface area contributed by atoms with Crippen LogP contribution >= 0.6 is 23.2 Å². The van der Waals surface area contributed by atoms with Gasteiger partial charge in [-0.05, 0) is 35.9 Å². The van der Waals surface area contributed by atoms with Crippen LogP contribution in [0.4, 0.5) is 5.69 Å². The van der Waals surface area contributed by atoms with Crippen molar-refractivity contribution < 1.29 is 9.15 Å². The van der Waals surface area contributed by atoms with Crippen LogP contribution in [0.5, 0.6) is 5.75 Å². The summed E-state index contributed by atoms with van der Waals surface area (Å²) in [6, 6.07) is 22.3. The summed E-state index contributed by atoms with van der Waals surface area (Å²) >= 11 is 12.5. The molecule has 146 valence electrons. The summed E-state index contributed by atoms with van der Waals surface area (Å²) in [5.74, 6) is 1.38. The van der Waals surface area contributed by atoms with E-state index >= 15 is 0 Å². The second-order valence-electron chi connectivity index (χ2n) is 6.26.